The zero-order chi connectivity index (χ0) is 8.77. The molecule has 12 heavy (non-hydrogen) atoms. The van der Waals surface area contributed by atoms with Gasteiger partial charge in [0, 0.05) is 5.92 Å². The summed E-state index contributed by atoms with van der Waals surface area (Å²) in [6, 6.07) is 0. The standard InChI is InChI=1S/C10H16O2/c1-3-8-5-9-4-7(2)10(8,6-11)12-9/h3,7-9,11H,1,4-6H2,2H3. The van der Waals surface area contributed by atoms with E-state index < -0.39 is 0 Å². The molecule has 0 aromatic rings. The summed E-state index contributed by atoms with van der Waals surface area (Å²) in [7, 11) is 0. The van der Waals surface area contributed by atoms with Gasteiger partial charge in [-0.25, -0.2) is 0 Å². The first kappa shape index (κ1) is 8.27. The Kier molecular flexibility index (Phi) is 1.77. The Labute approximate surface area is 73.2 Å². The van der Waals surface area contributed by atoms with E-state index in [0.717, 1.165) is 12.8 Å². The van der Waals surface area contributed by atoms with Crippen molar-refractivity contribution >= 4 is 0 Å². The van der Waals surface area contributed by atoms with E-state index in [4.69, 9.17) is 4.74 Å². The van der Waals surface area contributed by atoms with Crippen molar-refractivity contribution < 1.29 is 9.84 Å². The molecule has 2 aliphatic rings. The van der Waals surface area contributed by atoms with Crippen molar-refractivity contribution in [2.75, 3.05) is 6.61 Å². The summed E-state index contributed by atoms with van der Waals surface area (Å²) < 4.78 is 5.80. The molecule has 1 N–H and O–H groups in total. The molecule has 2 fully saturated rings. The van der Waals surface area contributed by atoms with E-state index in [1.54, 1.807) is 0 Å². The number of ether oxygens (including phenoxy) is 1. The lowest BCUT2D eigenvalue weighted by Gasteiger charge is -2.34. The van der Waals surface area contributed by atoms with Crippen molar-refractivity contribution in [2.24, 2.45) is 11.8 Å². The minimum absolute atomic E-state index is 0.140. The number of hydrogen-bond acceptors (Lipinski definition) is 2. The predicted octanol–water partition coefficient (Wildman–Crippen LogP) is 1.35. The van der Waals surface area contributed by atoms with Gasteiger partial charge in [-0.2, -0.15) is 0 Å². The fourth-order valence-corrected chi connectivity index (χ4v) is 2.75. The van der Waals surface area contributed by atoms with Crippen LogP contribution in [0.15, 0.2) is 12.7 Å². The van der Waals surface area contributed by atoms with Gasteiger partial charge in [0.1, 0.15) is 5.60 Å². The summed E-state index contributed by atoms with van der Waals surface area (Å²) in [5, 5.41) is 9.34. The number of rotatable bonds is 2. The van der Waals surface area contributed by atoms with Gasteiger partial charge in [0.05, 0.1) is 12.7 Å². The van der Waals surface area contributed by atoms with E-state index in [1.807, 2.05) is 6.08 Å². The van der Waals surface area contributed by atoms with Crippen LogP contribution in [0.4, 0.5) is 0 Å². The van der Waals surface area contributed by atoms with E-state index in [0.29, 0.717) is 17.9 Å². The maximum atomic E-state index is 9.34. The number of hydrogen-bond donors (Lipinski definition) is 1. The summed E-state index contributed by atoms with van der Waals surface area (Å²) >= 11 is 0. The van der Waals surface area contributed by atoms with E-state index in [-0.39, 0.29) is 12.2 Å². The Balaban J connectivity index is 2.28. The quantitative estimate of drug-likeness (QED) is 0.631. The molecule has 2 saturated heterocycles. The first-order chi connectivity index (χ1) is 5.73. The van der Waals surface area contributed by atoms with Crippen LogP contribution in [0.25, 0.3) is 0 Å². The molecule has 4 atom stereocenters. The zero-order valence-electron chi connectivity index (χ0n) is 7.49. The topological polar surface area (TPSA) is 29.5 Å². The summed E-state index contributed by atoms with van der Waals surface area (Å²) in [5.41, 5.74) is -0.285. The van der Waals surface area contributed by atoms with Gasteiger partial charge in [-0.3, -0.25) is 0 Å². The first-order valence-electron chi connectivity index (χ1n) is 4.64. The Bertz CT molecular complexity index is 202. The summed E-state index contributed by atoms with van der Waals surface area (Å²) in [6.45, 7) is 6.10. The third-order valence-corrected chi connectivity index (χ3v) is 3.51. The van der Waals surface area contributed by atoms with Crippen LogP contribution in [0.2, 0.25) is 0 Å². The molecule has 2 rings (SSSR count). The highest BCUT2D eigenvalue weighted by Gasteiger charge is 2.56. The minimum atomic E-state index is -0.285. The normalized spacial score (nSPS) is 51.3. The van der Waals surface area contributed by atoms with Gasteiger partial charge in [-0.1, -0.05) is 13.0 Å². The number of fused-ring (bicyclic) bond motifs is 2. The second-order valence-electron chi connectivity index (χ2n) is 4.07. The molecule has 0 aromatic heterocycles. The van der Waals surface area contributed by atoms with E-state index in [1.165, 1.54) is 0 Å². The van der Waals surface area contributed by atoms with Crippen molar-refractivity contribution in [3.8, 4) is 0 Å². The molecule has 0 saturated carbocycles. The summed E-state index contributed by atoms with van der Waals surface area (Å²) in [6.07, 6.45) is 4.46. The second kappa shape index (κ2) is 2.57. The minimum Gasteiger partial charge on any atom is -0.393 e. The fourth-order valence-electron chi connectivity index (χ4n) is 2.75. The largest absolute Gasteiger partial charge is 0.393 e. The molecule has 2 heteroatoms. The molecule has 2 nitrogen and oxygen atoms in total. The van der Waals surface area contributed by atoms with Gasteiger partial charge in [0.15, 0.2) is 0 Å². The fraction of sp³-hybridized carbons (Fsp3) is 0.800. The average Bonchev–Trinajstić information content (AvgIpc) is 2.57. The lowest BCUT2D eigenvalue weighted by atomic mass is 9.72. The molecule has 4 unspecified atom stereocenters. The number of aliphatic hydroxyl groups is 1. The van der Waals surface area contributed by atoms with Crippen molar-refractivity contribution in [1.82, 2.24) is 0 Å². The van der Waals surface area contributed by atoms with Gasteiger partial charge < -0.3 is 9.84 Å². The zero-order valence-corrected chi connectivity index (χ0v) is 7.49. The van der Waals surface area contributed by atoms with E-state index in [2.05, 4.69) is 13.5 Å². The van der Waals surface area contributed by atoms with Crippen LogP contribution in [0.1, 0.15) is 19.8 Å². The molecule has 0 aromatic carbocycles. The molecule has 0 spiro atoms. The Morgan fingerprint density at radius 2 is 2.42 bits per heavy atom. The molecule has 2 bridgehead atoms. The van der Waals surface area contributed by atoms with Crippen molar-refractivity contribution in [1.29, 1.82) is 0 Å². The average molecular weight is 168 g/mol. The molecule has 0 amide bonds. The highest BCUT2D eigenvalue weighted by atomic mass is 16.5. The van der Waals surface area contributed by atoms with Crippen LogP contribution in [-0.2, 0) is 4.74 Å². The van der Waals surface area contributed by atoms with Crippen molar-refractivity contribution in [3.63, 3.8) is 0 Å². The van der Waals surface area contributed by atoms with Crippen molar-refractivity contribution in [3.05, 3.63) is 12.7 Å². The highest BCUT2D eigenvalue weighted by molar-refractivity contribution is 5.10. The molecule has 68 valence electrons. The SMILES string of the molecule is C=CC1CC2CC(C)C1(CO)O2. The lowest BCUT2D eigenvalue weighted by molar-refractivity contribution is -0.0602. The lowest BCUT2D eigenvalue weighted by Crippen LogP contribution is -2.43. The van der Waals surface area contributed by atoms with Gasteiger partial charge in [-0.15, -0.1) is 6.58 Å². The number of aliphatic hydroxyl groups excluding tert-OH is 1. The van der Waals surface area contributed by atoms with Gasteiger partial charge in [0.25, 0.3) is 0 Å². The Hall–Kier alpha value is -0.340. The molecular weight excluding hydrogens is 152 g/mol. The van der Waals surface area contributed by atoms with Crippen LogP contribution >= 0.6 is 0 Å². The second-order valence-corrected chi connectivity index (χ2v) is 4.07. The molecular formula is C10H16O2. The smallest absolute Gasteiger partial charge is 0.100 e. The summed E-state index contributed by atoms with van der Waals surface area (Å²) in [5.74, 6) is 0.834. The van der Waals surface area contributed by atoms with Gasteiger partial charge >= 0.3 is 0 Å². The van der Waals surface area contributed by atoms with Crippen LogP contribution < -0.4 is 0 Å². The molecule has 0 aliphatic carbocycles. The first-order valence-corrected chi connectivity index (χ1v) is 4.64. The van der Waals surface area contributed by atoms with Crippen LogP contribution in [0.3, 0.4) is 0 Å². The maximum Gasteiger partial charge on any atom is 0.100 e. The van der Waals surface area contributed by atoms with E-state index in [9.17, 15) is 5.11 Å². The van der Waals surface area contributed by atoms with Crippen molar-refractivity contribution in [2.45, 2.75) is 31.5 Å². The maximum absolute atomic E-state index is 9.34. The molecule has 2 aliphatic heterocycles. The van der Waals surface area contributed by atoms with Crippen LogP contribution in [-0.4, -0.2) is 23.4 Å². The Morgan fingerprint density at radius 1 is 1.67 bits per heavy atom. The molecule has 2 heterocycles. The third kappa shape index (κ3) is 0.824. The molecule has 0 radical (unpaired) electrons. The predicted molar refractivity (Wildman–Crippen MR) is 46.8 cm³/mol. The van der Waals surface area contributed by atoms with Gasteiger partial charge in [0.2, 0.25) is 0 Å². The van der Waals surface area contributed by atoms with E-state index >= 15 is 0 Å². The highest BCUT2D eigenvalue weighted by Crippen LogP contribution is 2.51. The summed E-state index contributed by atoms with van der Waals surface area (Å²) in [4.78, 5) is 0. The Morgan fingerprint density at radius 3 is 2.83 bits per heavy atom. The third-order valence-electron chi connectivity index (χ3n) is 3.51. The van der Waals surface area contributed by atoms with Gasteiger partial charge in [-0.05, 0) is 18.8 Å². The monoisotopic (exact) mass is 168 g/mol. The van der Waals surface area contributed by atoms with Crippen LogP contribution in [0.5, 0.6) is 0 Å². The van der Waals surface area contributed by atoms with Crippen LogP contribution in [0, 0.1) is 11.8 Å².